The first-order chi connectivity index (χ1) is 8.49. The second-order valence-corrected chi connectivity index (χ2v) is 6.04. The number of aromatic nitrogens is 2. The minimum Gasteiger partial charge on any atom is -0.480 e. The van der Waals surface area contributed by atoms with Crippen molar-refractivity contribution in [2.45, 2.75) is 24.9 Å². The highest BCUT2D eigenvalue weighted by Crippen LogP contribution is 2.18. The molecule has 2 heterocycles. The number of carboxylic acid groups (broad SMARTS) is 1. The van der Waals surface area contributed by atoms with Crippen molar-refractivity contribution in [2.24, 2.45) is 0 Å². The van der Waals surface area contributed by atoms with Gasteiger partial charge in [0.05, 0.1) is 10.9 Å². The van der Waals surface area contributed by atoms with Gasteiger partial charge in [0.1, 0.15) is 0 Å². The quantitative estimate of drug-likeness (QED) is 0.926. The minimum absolute atomic E-state index is 0.114. The van der Waals surface area contributed by atoms with Crippen LogP contribution < -0.4 is 5.56 Å². The van der Waals surface area contributed by atoms with E-state index < -0.39 is 11.2 Å². The number of carbonyl (C=O) groups is 1. The molecular weight excluding hydrogens is 272 g/mol. The highest BCUT2D eigenvalue weighted by atomic mass is 32.2. The van der Waals surface area contributed by atoms with Crippen LogP contribution in [0.15, 0.2) is 16.2 Å². The van der Waals surface area contributed by atoms with Crippen LogP contribution in [-0.2, 0) is 10.5 Å². The van der Waals surface area contributed by atoms with Gasteiger partial charge in [-0.15, -0.1) is 23.1 Å². The predicted molar refractivity (Wildman–Crippen MR) is 72.5 cm³/mol. The Morgan fingerprint density at radius 3 is 3.06 bits per heavy atom. The zero-order chi connectivity index (χ0) is 13.3. The average molecular weight is 284 g/mol. The van der Waals surface area contributed by atoms with Crippen molar-refractivity contribution < 1.29 is 9.90 Å². The summed E-state index contributed by atoms with van der Waals surface area (Å²) in [6.07, 6.45) is 0. The summed E-state index contributed by atoms with van der Waals surface area (Å²) < 4.78 is 1.56. The van der Waals surface area contributed by atoms with Crippen molar-refractivity contribution in [2.75, 3.05) is 0 Å². The van der Waals surface area contributed by atoms with Crippen LogP contribution in [0.2, 0.25) is 0 Å². The number of fused-ring (bicyclic) bond motifs is 1. The molecule has 0 aliphatic carbocycles. The molecule has 0 amide bonds. The number of aliphatic carboxylic acids is 1. The van der Waals surface area contributed by atoms with Crippen molar-refractivity contribution in [3.8, 4) is 0 Å². The number of thiazole rings is 1. The predicted octanol–water partition coefficient (Wildman–Crippen LogP) is 1.77. The standard InChI is InChI=1S/C11H12N2O3S2/c1-6-4-18-11-12-8(3-9(14)13(6)11)5-17-7(2)10(15)16/h3-4,7H,5H2,1-2H3,(H,15,16). The van der Waals surface area contributed by atoms with Crippen molar-refractivity contribution in [1.29, 1.82) is 0 Å². The van der Waals surface area contributed by atoms with Crippen molar-refractivity contribution in [1.82, 2.24) is 9.38 Å². The Balaban J connectivity index is 2.25. The molecular formula is C11H12N2O3S2. The fourth-order valence-electron chi connectivity index (χ4n) is 1.46. The number of aryl methyl sites for hydroxylation is 1. The van der Waals surface area contributed by atoms with Gasteiger partial charge in [-0.2, -0.15) is 0 Å². The van der Waals surface area contributed by atoms with Gasteiger partial charge in [-0.1, -0.05) is 0 Å². The maximum Gasteiger partial charge on any atom is 0.316 e. The molecule has 0 radical (unpaired) electrons. The molecule has 0 aromatic carbocycles. The Labute approximate surface area is 111 Å². The molecule has 2 aromatic rings. The van der Waals surface area contributed by atoms with Gasteiger partial charge < -0.3 is 5.11 Å². The third-order valence-electron chi connectivity index (χ3n) is 2.46. The Hall–Kier alpha value is -1.34. The van der Waals surface area contributed by atoms with Crippen LogP contribution in [-0.4, -0.2) is 25.7 Å². The Morgan fingerprint density at radius 2 is 2.39 bits per heavy atom. The molecule has 0 spiro atoms. The maximum atomic E-state index is 11.9. The number of hydrogen-bond donors (Lipinski definition) is 1. The Kier molecular flexibility index (Phi) is 3.72. The molecule has 1 unspecified atom stereocenters. The van der Waals surface area contributed by atoms with E-state index in [0.717, 1.165) is 5.69 Å². The summed E-state index contributed by atoms with van der Waals surface area (Å²) in [6.45, 7) is 3.47. The lowest BCUT2D eigenvalue weighted by Gasteiger charge is -2.05. The monoisotopic (exact) mass is 284 g/mol. The Morgan fingerprint density at radius 1 is 1.67 bits per heavy atom. The van der Waals surface area contributed by atoms with Gasteiger partial charge >= 0.3 is 5.97 Å². The van der Waals surface area contributed by atoms with Crippen LogP contribution in [0.4, 0.5) is 0 Å². The van der Waals surface area contributed by atoms with E-state index in [4.69, 9.17) is 5.11 Å². The van der Waals surface area contributed by atoms with Gasteiger partial charge in [0.2, 0.25) is 0 Å². The lowest BCUT2D eigenvalue weighted by atomic mass is 10.4. The molecule has 0 saturated carbocycles. The molecule has 0 aliphatic heterocycles. The van der Waals surface area contributed by atoms with E-state index in [1.54, 1.807) is 11.3 Å². The molecule has 96 valence electrons. The summed E-state index contributed by atoms with van der Waals surface area (Å²) in [4.78, 5) is 27.6. The SMILES string of the molecule is Cc1csc2nc(CSC(C)C(=O)O)cc(=O)n12. The van der Waals surface area contributed by atoms with Crippen LogP contribution in [0.3, 0.4) is 0 Å². The summed E-state index contributed by atoms with van der Waals surface area (Å²) in [5, 5.41) is 10.2. The number of hydrogen-bond acceptors (Lipinski definition) is 5. The first-order valence-electron chi connectivity index (χ1n) is 5.30. The third-order valence-corrected chi connectivity index (χ3v) is 4.57. The fraction of sp³-hybridized carbons (Fsp3) is 0.364. The van der Waals surface area contributed by atoms with E-state index >= 15 is 0 Å². The van der Waals surface area contributed by atoms with Gasteiger partial charge in [0.25, 0.3) is 5.56 Å². The molecule has 2 rings (SSSR count). The van der Waals surface area contributed by atoms with Crippen molar-refractivity contribution in [3.63, 3.8) is 0 Å². The minimum atomic E-state index is -0.857. The van der Waals surface area contributed by atoms with E-state index in [2.05, 4.69) is 4.98 Å². The van der Waals surface area contributed by atoms with E-state index in [0.29, 0.717) is 16.4 Å². The molecule has 5 nitrogen and oxygen atoms in total. The lowest BCUT2D eigenvalue weighted by molar-refractivity contribution is -0.136. The zero-order valence-corrected chi connectivity index (χ0v) is 11.5. The second kappa shape index (κ2) is 5.11. The average Bonchev–Trinajstić information content (AvgIpc) is 2.68. The summed E-state index contributed by atoms with van der Waals surface area (Å²) in [5.74, 6) is -0.430. The summed E-state index contributed by atoms with van der Waals surface area (Å²) >= 11 is 2.67. The molecule has 1 atom stereocenters. The summed E-state index contributed by atoms with van der Waals surface area (Å²) in [7, 11) is 0. The summed E-state index contributed by atoms with van der Waals surface area (Å²) in [5.41, 5.74) is 1.38. The molecule has 18 heavy (non-hydrogen) atoms. The molecule has 0 saturated heterocycles. The van der Waals surface area contributed by atoms with Gasteiger partial charge in [-0.25, -0.2) is 4.98 Å². The Bertz CT molecular complexity index is 647. The van der Waals surface area contributed by atoms with Crippen LogP contribution in [0.1, 0.15) is 18.3 Å². The van der Waals surface area contributed by atoms with E-state index in [9.17, 15) is 9.59 Å². The van der Waals surface area contributed by atoms with E-state index in [1.807, 2.05) is 12.3 Å². The molecule has 0 aliphatic rings. The van der Waals surface area contributed by atoms with E-state index in [1.165, 1.54) is 29.2 Å². The molecule has 0 fully saturated rings. The lowest BCUT2D eigenvalue weighted by Crippen LogP contribution is -2.16. The highest BCUT2D eigenvalue weighted by molar-refractivity contribution is 7.99. The second-order valence-electron chi connectivity index (χ2n) is 3.87. The van der Waals surface area contributed by atoms with Crippen molar-refractivity contribution >= 4 is 34.0 Å². The topological polar surface area (TPSA) is 71.7 Å². The normalized spacial score (nSPS) is 12.8. The molecule has 1 N–H and O–H groups in total. The maximum absolute atomic E-state index is 11.9. The number of rotatable bonds is 4. The number of thioether (sulfide) groups is 1. The number of carboxylic acids is 1. The van der Waals surface area contributed by atoms with Gasteiger partial charge in [0.15, 0.2) is 4.96 Å². The number of nitrogens with zero attached hydrogens (tertiary/aromatic N) is 2. The largest absolute Gasteiger partial charge is 0.480 e. The molecule has 2 aromatic heterocycles. The first kappa shape index (κ1) is 13.1. The van der Waals surface area contributed by atoms with Gasteiger partial charge in [0, 0.05) is 22.9 Å². The zero-order valence-electron chi connectivity index (χ0n) is 9.91. The fourth-order valence-corrected chi connectivity index (χ4v) is 3.06. The van der Waals surface area contributed by atoms with Crippen LogP contribution >= 0.6 is 23.1 Å². The van der Waals surface area contributed by atoms with Gasteiger partial charge in [-0.05, 0) is 13.8 Å². The van der Waals surface area contributed by atoms with Crippen LogP contribution in [0, 0.1) is 6.92 Å². The van der Waals surface area contributed by atoms with Crippen LogP contribution in [0.5, 0.6) is 0 Å². The molecule has 0 bridgehead atoms. The van der Waals surface area contributed by atoms with E-state index in [-0.39, 0.29) is 5.56 Å². The third kappa shape index (κ3) is 2.56. The van der Waals surface area contributed by atoms with Gasteiger partial charge in [-0.3, -0.25) is 14.0 Å². The van der Waals surface area contributed by atoms with Crippen molar-refractivity contribution in [3.05, 3.63) is 33.2 Å². The molecule has 7 heteroatoms. The summed E-state index contributed by atoms with van der Waals surface area (Å²) in [6, 6.07) is 1.47. The first-order valence-corrected chi connectivity index (χ1v) is 7.23. The van der Waals surface area contributed by atoms with Crippen LogP contribution in [0.25, 0.3) is 4.96 Å². The smallest absolute Gasteiger partial charge is 0.316 e. The highest BCUT2D eigenvalue weighted by Gasteiger charge is 2.13.